The van der Waals surface area contributed by atoms with Gasteiger partial charge in [-0.2, -0.15) is 0 Å². The minimum Gasteiger partial charge on any atom is -0.481 e. The number of aromatic nitrogens is 1. The second-order valence-corrected chi connectivity index (χ2v) is 4.27. The van der Waals surface area contributed by atoms with E-state index >= 15 is 0 Å². The number of hydrogen-bond acceptors (Lipinski definition) is 3. The largest absolute Gasteiger partial charge is 0.481 e. The van der Waals surface area contributed by atoms with Crippen molar-refractivity contribution in [1.29, 1.82) is 0 Å². The third kappa shape index (κ3) is 4.03. The smallest absolute Gasteiger partial charge is 0.303 e. The number of nitrogens with zero attached hydrogens (tertiary/aromatic N) is 1. The quantitative estimate of drug-likeness (QED) is 0.740. The van der Waals surface area contributed by atoms with Gasteiger partial charge in [0.1, 0.15) is 0 Å². The first-order valence-electron chi connectivity index (χ1n) is 4.31. The van der Waals surface area contributed by atoms with E-state index in [2.05, 4.69) is 4.98 Å². The molecule has 0 saturated carbocycles. The summed E-state index contributed by atoms with van der Waals surface area (Å²) in [7, 11) is 0. The first-order valence-corrected chi connectivity index (χ1v) is 5.13. The maximum Gasteiger partial charge on any atom is 0.303 e. The predicted molar refractivity (Wildman–Crippen MR) is 52.0 cm³/mol. The van der Waals surface area contributed by atoms with E-state index in [1.165, 1.54) is 4.88 Å². The van der Waals surface area contributed by atoms with Crippen molar-refractivity contribution in [1.82, 2.24) is 4.98 Å². The Hall–Kier alpha value is -0.900. The van der Waals surface area contributed by atoms with Crippen molar-refractivity contribution in [2.24, 2.45) is 0 Å². The topological polar surface area (TPSA) is 50.2 Å². The summed E-state index contributed by atoms with van der Waals surface area (Å²) in [6, 6.07) is 0. The van der Waals surface area contributed by atoms with E-state index in [0.29, 0.717) is 0 Å². The fourth-order valence-electron chi connectivity index (χ4n) is 1.10. The molecule has 1 N–H and O–H groups in total. The minimum absolute atomic E-state index is 0.276. The number of rotatable bonds is 5. The van der Waals surface area contributed by atoms with Gasteiger partial charge in [0.2, 0.25) is 0 Å². The molecular weight excluding hydrogens is 186 g/mol. The Bertz CT molecular complexity index is 283. The molecule has 1 aromatic heterocycles. The molecule has 1 aromatic rings. The number of unbranched alkanes of at least 4 members (excludes halogenated alkanes) is 1. The second kappa shape index (κ2) is 4.97. The number of aliphatic carboxylic acids is 1. The Morgan fingerprint density at radius 1 is 1.62 bits per heavy atom. The van der Waals surface area contributed by atoms with E-state index in [0.717, 1.165) is 24.3 Å². The van der Waals surface area contributed by atoms with Gasteiger partial charge in [-0.15, -0.1) is 11.3 Å². The third-order valence-corrected chi connectivity index (χ3v) is 2.71. The molecule has 0 aliphatic rings. The number of carboxylic acid groups (broad SMARTS) is 1. The Labute approximate surface area is 81.4 Å². The second-order valence-electron chi connectivity index (χ2n) is 2.95. The SMILES string of the molecule is Cc1ncc(CCCCC(=O)O)s1. The summed E-state index contributed by atoms with van der Waals surface area (Å²) in [6.45, 7) is 1.98. The van der Waals surface area contributed by atoms with E-state index in [-0.39, 0.29) is 6.42 Å². The zero-order chi connectivity index (χ0) is 9.68. The molecule has 3 nitrogen and oxygen atoms in total. The van der Waals surface area contributed by atoms with E-state index in [9.17, 15) is 4.79 Å². The van der Waals surface area contributed by atoms with Crippen LogP contribution in [0, 0.1) is 6.92 Å². The van der Waals surface area contributed by atoms with E-state index in [4.69, 9.17) is 5.11 Å². The van der Waals surface area contributed by atoms with Crippen LogP contribution in [0.2, 0.25) is 0 Å². The lowest BCUT2D eigenvalue weighted by molar-refractivity contribution is -0.137. The van der Waals surface area contributed by atoms with Crippen molar-refractivity contribution in [2.75, 3.05) is 0 Å². The number of thiazole rings is 1. The van der Waals surface area contributed by atoms with Crippen LogP contribution in [-0.2, 0) is 11.2 Å². The Morgan fingerprint density at radius 2 is 2.38 bits per heavy atom. The first kappa shape index (κ1) is 10.2. The Kier molecular flexibility index (Phi) is 3.89. The molecule has 0 atom stereocenters. The molecule has 0 radical (unpaired) electrons. The number of carbonyl (C=O) groups is 1. The fraction of sp³-hybridized carbons (Fsp3) is 0.556. The molecule has 0 aliphatic heterocycles. The van der Waals surface area contributed by atoms with Gasteiger partial charge in [0.25, 0.3) is 0 Å². The summed E-state index contributed by atoms with van der Waals surface area (Å²) in [5.41, 5.74) is 0. The summed E-state index contributed by atoms with van der Waals surface area (Å²) in [4.78, 5) is 15.6. The summed E-state index contributed by atoms with van der Waals surface area (Å²) in [5.74, 6) is -0.708. The summed E-state index contributed by atoms with van der Waals surface area (Å²) < 4.78 is 0. The van der Waals surface area contributed by atoms with Crippen molar-refractivity contribution >= 4 is 17.3 Å². The normalized spacial score (nSPS) is 10.2. The first-order chi connectivity index (χ1) is 6.18. The van der Waals surface area contributed by atoms with Crippen LogP contribution in [0.3, 0.4) is 0 Å². The van der Waals surface area contributed by atoms with Gasteiger partial charge >= 0.3 is 5.97 Å². The highest BCUT2D eigenvalue weighted by atomic mass is 32.1. The molecule has 0 bridgehead atoms. The maximum absolute atomic E-state index is 10.2. The number of hydrogen-bond donors (Lipinski definition) is 1. The summed E-state index contributed by atoms with van der Waals surface area (Å²) in [5, 5.41) is 9.48. The lowest BCUT2D eigenvalue weighted by Crippen LogP contribution is -1.94. The van der Waals surface area contributed by atoms with Gasteiger partial charge in [-0.3, -0.25) is 4.79 Å². The van der Waals surface area contributed by atoms with E-state index < -0.39 is 5.97 Å². The van der Waals surface area contributed by atoms with Crippen LogP contribution in [0.4, 0.5) is 0 Å². The lowest BCUT2D eigenvalue weighted by atomic mass is 10.2. The van der Waals surface area contributed by atoms with E-state index in [1.807, 2.05) is 13.1 Å². The molecular formula is C9H13NO2S. The molecule has 0 unspecified atom stereocenters. The fourth-order valence-corrected chi connectivity index (χ4v) is 1.93. The predicted octanol–water partition coefficient (Wildman–Crippen LogP) is 2.25. The highest BCUT2D eigenvalue weighted by Gasteiger charge is 1.99. The van der Waals surface area contributed by atoms with Gasteiger partial charge in [-0.05, 0) is 26.2 Å². The van der Waals surface area contributed by atoms with Gasteiger partial charge in [0, 0.05) is 17.5 Å². The Morgan fingerprint density at radius 3 is 2.92 bits per heavy atom. The van der Waals surface area contributed by atoms with E-state index in [1.54, 1.807) is 11.3 Å². The molecule has 1 heterocycles. The van der Waals surface area contributed by atoms with Crippen LogP contribution in [0.1, 0.15) is 29.1 Å². The van der Waals surface area contributed by atoms with Gasteiger partial charge < -0.3 is 5.11 Å². The van der Waals surface area contributed by atoms with Crippen LogP contribution in [0.15, 0.2) is 6.20 Å². The zero-order valence-electron chi connectivity index (χ0n) is 7.62. The molecule has 0 fully saturated rings. The molecule has 0 amide bonds. The van der Waals surface area contributed by atoms with Crippen molar-refractivity contribution in [3.05, 3.63) is 16.1 Å². The van der Waals surface area contributed by atoms with Crippen LogP contribution < -0.4 is 0 Å². The van der Waals surface area contributed by atoms with Gasteiger partial charge in [-0.1, -0.05) is 0 Å². The average Bonchev–Trinajstić information content (AvgIpc) is 2.45. The highest BCUT2D eigenvalue weighted by molar-refractivity contribution is 7.11. The van der Waals surface area contributed by atoms with Gasteiger partial charge in [0.15, 0.2) is 0 Å². The molecule has 0 aliphatic carbocycles. The monoisotopic (exact) mass is 199 g/mol. The molecule has 13 heavy (non-hydrogen) atoms. The standard InChI is InChI=1S/C9H13NO2S/c1-7-10-6-8(13-7)4-2-3-5-9(11)12/h6H,2-5H2,1H3,(H,11,12). The molecule has 1 rings (SSSR count). The van der Waals surface area contributed by atoms with Gasteiger partial charge in [0.05, 0.1) is 5.01 Å². The number of carboxylic acids is 1. The summed E-state index contributed by atoms with van der Waals surface area (Å²) >= 11 is 1.69. The van der Waals surface area contributed by atoms with Crippen molar-refractivity contribution < 1.29 is 9.90 Å². The highest BCUT2D eigenvalue weighted by Crippen LogP contribution is 2.14. The van der Waals surface area contributed by atoms with Crippen molar-refractivity contribution in [2.45, 2.75) is 32.6 Å². The summed E-state index contributed by atoms with van der Waals surface area (Å²) in [6.07, 6.45) is 4.80. The van der Waals surface area contributed by atoms with Crippen LogP contribution >= 0.6 is 11.3 Å². The number of aryl methyl sites for hydroxylation is 2. The minimum atomic E-state index is -0.708. The molecule has 72 valence electrons. The molecule has 4 heteroatoms. The van der Waals surface area contributed by atoms with Crippen LogP contribution in [0.5, 0.6) is 0 Å². The lowest BCUT2D eigenvalue weighted by Gasteiger charge is -1.94. The van der Waals surface area contributed by atoms with Crippen molar-refractivity contribution in [3.8, 4) is 0 Å². The zero-order valence-corrected chi connectivity index (χ0v) is 8.43. The van der Waals surface area contributed by atoms with Crippen molar-refractivity contribution in [3.63, 3.8) is 0 Å². The average molecular weight is 199 g/mol. The molecule has 0 aromatic carbocycles. The Balaban J connectivity index is 2.16. The molecule has 0 spiro atoms. The van der Waals surface area contributed by atoms with Crippen LogP contribution in [0.25, 0.3) is 0 Å². The maximum atomic E-state index is 10.2. The molecule has 0 saturated heterocycles. The van der Waals surface area contributed by atoms with Gasteiger partial charge in [-0.25, -0.2) is 4.98 Å². The third-order valence-electron chi connectivity index (χ3n) is 1.73. The van der Waals surface area contributed by atoms with Crippen LogP contribution in [-0.4, -0.2) is 16.1 Å².